The van der Waals surface area contributed by atoms with Crippen LogP contribution in [0.25, 0.3) is 0 Å². The molecule has 26 heavy (non-hydrogen) atoms. The van der Waals surface area contributed by atoms with Crippen LogP contribution in [-0.2, 0) is 14.4 Å². The van der Waals surface area contributed by atoms with Crippen LogP contribution < -0.4 is 15.5 Å². The van der Waals surface area contributed by atoms with E-state index in [1.807, 2.05) is 24.3 Å². The summed E-state index contributed by atoms with van der Waals surface area (Å²) >= 11 is 3.40. The van der Waals surface area contributed by atoms with Crippen molar-refractivity contribution >= 4 is 39.3 Å². The molecule has 6 nitrogen and oxygen atoms in total. The minimum atomic E-state index is -0.599. The average molecular weight is 422 g/mol. The molecule has 0 radical (unpaired) electrons. The summed E-state index contributed by atoms with van der Waals surface area (Å²) in [6.45, 7) is 2.02. The van der Waals surface area contributed by atoms with Crippen LogP contribution in [0.1, 0.15) is 39.0 Å². The van der Waals surface area contributed by atoms with Crippen LogP contribution in [0.2, 0.25) is 0 Å². The van der Waals surface area contributed by atoms with Gasteiger partial charge in [-0.05, 0) is 38.0 Å². The summed E-state index contributed by atoms with van der Waals surface area (Å²) in [6, 6.07) is 7.07. The molecular formula is C19H24BrN3O3. The molecule has 1 aliphatic carbocycles. The van der Waals surface area contributed by atoms with Crippen LogP contribution in [0.3, 0.4) is 0 Å². The fourth-order valence-electron chi connectivity index (χ4n) is 3.57. The lowest BCUT2D eigenvalue weighted by atomic mass is 10.1. The third-order valence-electron chi connectivity index (χ3n) is 5.07. The number of carbonyl (C=O) groups is 3. The van der Waals surface area contributed by atoms with E-state index >= 15 is 0 Å². The summed E-state index contributed by atoms with van der Waals surface area (Å²) in [5, 5.41) is 5.75. The van der Waals surface area contributed by atoms with Gasteiger partial charge in [-0.2, -0.15) is 0 Å². The molecule has 1 saturated heterocycles. The molecule has 0 spiro atoms. The van der Waals surface area contributed by atoms with E-state index in [0.717, 1.165) is 35.8 Å². The number of hydrogen-bond donors (Lipinski definition) is 2. The maximum Gasteiger partial charge on any atom is 0.242 e. The Hall–Kier alpha value is -1.89. The van der Waals surface area contributed by atoms with Gasteiger partial charge in [0.2, 0.25) is 17.7 Å². The summed E-state index contributed by atoms with van der Waals surface area (Å²) in [4.78, 5) is 38.7. The van der Waals surface area contributed by atoms with E-state index in [1.54, 1.807) is 11.8 Å². The van der Waals surface area contributed by atoms with Gasteiger partial charge in [0.25, 0.3) is 0 Å². The van der Waals surface area contributed by atoms with Crippen molar-refractivity contribution in [1.82, 2.24) is 10.6 Å². The summed E-state index contributed by atoms with van der Waals surface area (Å²) in [6.07, 6.45) is 4.45. The highest BCUT2D eigenvalue weighted by molar-refractivity contribution is 9.10. The van der Waals surface area contributed by atoms with Gasteiger partial charge in [-0.3, -0.25) is 14.4 Å². The second-order valence-corrected chi connectivity index (χ2v) is 8.02. The standard InChI is InChI=1S/C19H24BrN3O3/c1-12(18(25)22-15-6-2-3-7-15)21-19(26)13-9-17(24)23(11-13)16-8-4-5-14(20)10-16/h4-5,8,10,12-13,15H,2-3,6-7,9,11H2,1H3,(H,21,26)(H,22,25)/t12-,13+/m1/s1. The van der Waals surface area contributed by atoms with Gasteiger partial charge in [-0.1, -0.05) is 34.8 Å². The Bertz CT molecular complexity index is 703. The van der Waals surface area contributed by atoms with Gasteiger partial charge in [-0.25, -0.2) is 0 Å². The Balaban J connectivity index is 1.55. The number of amides is 3. The Kier molecular flexibility index (Phi) is 5.96. The van der Waals surface area contributed by atoms with E-state index < -0.39 is 12.0 Å². The van der Waals surface area contributed by atoms with Crippen LogP contribution in [0.5, 0.6) is 0 Å². The molecule has 0 unspecified atom stereocenters. The van der Waals surface area contributed by atoms with Crippen molar-refractivity contribution in [3.63, 3.8) is 0 Å². The first-order valence-electron chi connectivity index (χ1n) is 9.10. The van der Waals surface area contributed by atoms with E-state index in [-0.39, 0.29) is 30.2 Å². The quantitative estimate of drug-likeness (QED) is 0.765. The summed E-state index contributed by atoms with van der Waals surface area (Å²) in [5.74, 6) is -0.919. The second kappa shape index (κ2) is 8.20. The number of anilines is 1. The highest BCUT2D eigenvalue weighted by Gasteiger charge is 2.36. The van der Waals surface area contributed by atoms with Crippen molar-refractivity contribution in [2.45, 2.75) is 51.1 Å². The third kappa shape index (κ3) is 4.44. The molecule has 7 heteroatoms. The molecule has 3 amide bonds. The molecule has 2 N–H and O–H groups in total. The van der Waals surface area contributed by atoms with Gasteiger partial charge >= 0.3 is 0 Å². The Labute approximate surface area is 161 Å². The Morgan fingerprint density at radius 1 is 1.27 bits per heavy atom. The zero-order chi connectivity index (χ0) is 18.7. The van der Waals surface area contributed by atoms with Crippen LogP contribution in [0, 0.1) is 5.92 Å². The number of rotatable bonds is 5. The average Bonchev–Trinajstić information content (AvgIpc) is 3.24. The van der Waals surface area contributed by atoms with E-state index in [9.17, 15) is 14.4 Å². The summed E-state index contributed by atoms with van der Waals surface area (Å²) < 4.78 is 0.882. The third-order valence-corrected chi connectivity index (χ3v) is 5.56. The Morgan fingerprint density at radius 2 is 2.00 bits per heavy atom. The van der Waals surface area contributed by atoms with E-state index in [2.05, 4.69) is 26.6 Å². The lowest BCUT2D eigenvalue weighted by Gasteiger charge is -2.20. The monoisotopic (exact) mass is 421 g/mol. The molecule has 1 heterocycles. The lowest BCUT2D eigenvalue weighted by Crippen LogP contribution is -2.49. The molecule has 0 bridgehead atoms. The fraction of sp³-hybridized carbons (Fsp3) is 0.526. The molecule has 140 valence electrons. The van der Waals surface area contributed by atoms with Crippen molar-refractivity contribution < 1.29 is 14.4 Å². The number of nitrogens with zero attached hydrogens (tertiary/aromatic N) is 1. The maximum absolute atomic E-state index is 12.5. The Morgan fingerprint density at radius 3 is 2.69 bits per heavy atom. The summed E-state index contributed by atoms with van der Waals surface area (Å²) in [7, 11) is 0. The molecule has 1 aliphatic heterocycles. The molecule has 1 aromatic rings. The highest BCUT2D eigenvalue weighted by atomic mass is 79.9. The number of halogens is 1. The number of hydrogen-bond acceptors (Lipinski definition) is 3. The van der Waals surface area contributed by atoms with Crippen LogP contribution in [0.4, 0.5) is 5.69 Å². The lowest BCUT2D eigenvalue weighted by molar-refractivity contribution is -0.131. The first-order valence-corrected chi connectivity index (χ1v) is 9.90. The van der Waals surface area contributed by atoms with E-state index in [1.165, 1.54) is 0 Å². The van der Waals surface area contributed by atoms with Crippen molar-refractivity contribution in [3.8, 4) is 0 Å². The zero-order valence-corrected chi connectivity index (χ0v) is 16.4. The van der Waals surface area contributed by atoms with Gasteiger partial charge in [0.15, 0.2) is 0 Å². The van der Waals surface area contributed by atoms with Gasteiger partial charge < -0.3 is 15.5 Å². The summed E-state index contributed by atoms with van der Waals surface area (Å²) in [5.41, 5.74) is 0.770. The SMILES string of the molecule is C[C@@H](NC(=O)[C@H]1CC(=O)N(c2cccc(Br)c2)C1)C(=O)NC1CCCC1. The van der Waals surface area contributed by atoms with Crippen LogP contribution >= 0.6 is 15.9 Å². The fourth-order valence-corrected chi connectivity index (χ4v) is 3.96. The van der Waals surface area contributed by atoms with E-state index in [0.29, 0.717) is 6.54 Å². The topological polar surface area (TPSA) is 78.5 Å². The van der Waals surface area contributed by atoms with Gasteiger partial charge in [0.05, 0.1) is 5.92 Å². The molecule has 0 aromatic heterocycles. The molecule has 2 fully saturated rings. The van der Waals surface area contributed by atoms with Crippen LogP contribution in [-0.4, -0.2) is 36.3 Å². The maximum atomic E-state index is 12.5. The van der Waals surface area contributed by atoms with Crippen molar-refractivity contribution in [2.24, 2.45) is 5.92 Å². The molecule has 1 aromatic carbocycles. The molecular weight excluding hydrogens is 398 g/mol. The molecule has 2 aliphatic rings. The predicted molar refractivity (Wildman–Crippen MR) is 103 cm³/mol. The minimum Gasteiger partial charge on any atom is -0.352 e. The van der Waals surface area contributed by atoms with Crippen molar-refractivity contribution in [2.75, 3.05) is 11.4 Å². The largest absolute Gasteiger partial charge is 0.352 e. The first-order chi connectivity index (χ1) is 12.4. The highest BCUT2D eigenvalue weighted by Crippen LogP contribution is 2.27. The van der Waals surface area contributed by atoms with Crippen LogP contribution in [0.15, 0.2) is 28.7 Å². The number of nitrogens with one attached hydrogen (secondary N) is 2. The molecule has 1 saturated carbocycles. The van der Waals surface area contributed by atoms with Gasteiger partial charge in [-0.15, -0.1) is 0 Å². The predicted octanol–water partition coefficient (Wildman–Crippen LogP) is 2.37. The van der Waals surface area contributed by atoms with Crippen molar-refractivity contribution in [3.05, 3.63) is 28.7 Å². The smallest absolute Gasteiger partial charge is 0.242 e. The normalized spacial score (nSPS) is 21.7. The zero-order valence-electron chi connectivity index (χ0n) is 14.8. The molecule has 3 rings (SSSR count). The molecule has 2 atom stereocenters. The first kappa shape index (κ1) is 18.9. The van der Waals surface area contributed by atoms with Gasteiger partial charge in [0, 0.05) is 29.2 Å². The minimum absolute atomic E-state index is 0.0775. The van der Waals surface area contributed by atoms with E-state index in [4.69, 9.17) is 0 Å². The van der Waals surface area contributed by atoms with Crippen molar-refractivity contribution in [1.29, 1.82) is 0 Å². The second-order valence-electron chi connectivity index (χ2n) is 7.11. The van der Waals surface area contributed by atoms with Gasteiger partial charge in [0.1, 0.15) is 6.04 Å². The number of carbonyl (C=O) groups excluding carboxylic acids is 3. The number of benzene rings is 1.